The average Bonchev–Trinajstić information content (AvgIpc) is 2.91. The maximum atomic E-state index is 4.70. The topological polar surface area (TPSA) is 49.8 Å². The Morgan fingerprint density at radius 1 is 1.14 bits per heavy atom. The van der Waals surface area contributed by atoms with Crippen LogP contribution < -0.4 is 10.6 Å². The first-order valence-corrected chi connectivity index (χ1v) is 9.22. The maximum Gasteiger partial charge on any atom is 0.134 e. The van der Waals surface area contributed by atoms with Crippen LogP contribution in [0.4, 0.5) is 11.6 Å². The molecule has 0 saturated heterocycles. The second kappa shape index (κ2) is 7.87. The van der Waals surface area contributed by atoms with E-state index in [1.165, 1.54) is 25.0 Å². The summed E-state index contributed by atoms with van der Waals surface area (Å²) in [7, 11) is 0. The highest BCUT2D eigenvalue weighted by Crippen LogP contribution is 2.32. The highest BCUT2D eigenvalue weighted by Gasteiger charge is 2.25. The normalized spacial score (nSPS) is 21.5. The number of rotatable bonds is 7. The fraction of sp³-hybridized carbons (Fsp3) is 0.750. The zero-order valence-electron chi connectivity index (χ0n) is 13.7. The van der Waals surface area contributed by atoms with Gasteiger partial charge in [-0.3, -0.25) is 0 Å². The molecular weight excluding hydrogens is 280 g/mol. The van der Waals surface area contributed by atoms with Crippen LogP contribution in [0.15, 0.2) is 0 Å². The van der Waals surface area contributed by atoms with Gasteiger partial charge in [-0.25, -0.2) is 9.97 Å². The standard InChI is InChI=1S/C16H28N4S/c1-5-14-19-15(17-6-2)11(4)16(20-14)18-12-8-9-13(10-12)21-7-3/h12-13H,5-10H2,1-4H3,(H2,17,18,19,20). The monoisotopic (exact) mass is 308 g/mol. The molecule has 4 nitrogen and oxygen atoms in total. The molecule has 0 bridgehead atoms. The van der Waals surface area contributed by atoms with Gasteiger partial charge < -0.3 is 10.6 Å². The first-order chi connectivity index (χ1) is 10.2. The second-order valence-corrected chi connectivity index (χ2v) is 7.15. The summed E-state index contributed by atoms with van der Waals surface area (Å²) in [6, 6.07) is 0.557. The molecule has 1 aliphatic carbocycles. The van der Waals surface area contributed by atoms with Crippen LogP contribution in [-0.2, 0) is 6.42 Å². The van der Waals surface area contributed by atoms with Crippen LogP contribution >= 0.6 is 11.8 Å². The van der Waals surface area contributed by atoms with Gasteiger partial charge >= 0.3 is 0 Å². The summed E-state index contributed by atoms with van der Waals surface area (Å²) in [5.41, 5.74) is 1.14. The number of hydrogen-bond acceptors (Lipinski definition) is 5. The van der Waals surface area contributed by atoms with Gasteiger partial charge in [0.2, 0.25) is 0 Å². The number of hydrogen-bond donors (Lipinski definition) is 2. The quantitative estimate of drug-likeness (QED) is 0.801. The van der Waals surface area contributed by atoms with Crippen molar-refractivity contribution in [3.63, 3.8) is 0 Å². The van der Waals surface area contributed by atoms with Crippen LogP contribution in [0.1, 0.15) is 51.4 Å². The lowest BCUT2D eigenvalue weighted by Gasteiger charge is -2.18. The van der Waals surface area contributed by atoms with Crippen LogP contribution in [-0.4, -0.2) is 33.6 Å². The Balaban J connectivity index is 2.10. The molecule has 1 aliphatic rings. The molecule has 0 aromatic carbocycles. The lowest BCUT2D eigenvalue weighted by Crippen LogP contribution is -2.19. The molecule has 0 amide bonds. The van der Waals surface area contributed by atoms with Crippen LogP contribution in [0.3, 0.4) is 0 Å². The zero-order valence-corrected chi connectivity index (χ0v) is 14.5. The molecule has 0 radical (unpaired) electrons. The van der Waals surface area contributed by atoms with E-state index in [4.69, 9.17) is 4.98 Å². The minimum absolute atomic E-state index is 0.557. The zero-order chi connectivity index (χ0) is 15.2. The summed E-state index contributed by atoms with van der Waals surface area (Å²) in [5, 5.41) is 7.83. The smallest absolute Gasteiger partial charge is 0.134 e. The van der Waals surface area contributed by atoms with Gasteiger partial charge in [0.15, 0.2) is 0 Å². The number of nitrogens with zero attached hydrogens (tertiary/aromatic N) is 2. The Kier molecular flexibility index (Phi) is 6.15. The van der Waals surface area contributed by atoms with Crippen LogP contribution in [0.25, 0.3) is 0 Å². The van der Waals surface area contributed by atoms with Crippen molar-refractivity contribution >= 4 is 23.4 Å². The van der Waals surface area contributed by atoms with Gasteiger partial charge in [0.1, 0.15) is 17.5 Å². The molecule has 2 rings (SSSR count). The maximum absolute atomic E-state index is 4.70. The summed E-state index contributed by atoms with van der Waals surface area (Å²) in [6.07, 6.45) is 4.69. The first-order valence-electron chi connectivity index (χ1n) is 8.17. The molecule has 0 spiro atoms. The van der Waals surface area contributed by atoms with Gasteiger partial charge in [0, 0.05) is 29.8 Å². The minimum Gasteiger partial charge on any atom is -0.370 e. The first kappa shape index (κ1) is 16.4. The van der Waals surface area contributed by atoms with Crippen LogP contribution in [0.2, 0.25) is 0 Å². The van der Waals surface area contributed by atoms with Crippen molar-refractivity contribution in [2.45, 2.75) is 64.7 Å². The molecule has 2 unspecified atom stereocenters. The number of thioether (sulfide) groups is 1. The van der Waals surface area contributed by atoms with Gasteiger partial charge in [-0.1, -0.05) is 13.8 Å². The number of anilines is 2. The summed E-state index contributed by atoms with van der Waals surface area (Å²) >= 11 is 2.09. The van der Waals surface area contributed by atoms with Crippen LogP contribution in [0.5, 0.6) is 0 Å². The highest BCUT2D eigenvalue weighted by molar-refractivity contribution is 7.99. The molecule has 0 aliphatic heterocycles. The fourth-order valence-electron chi connectivity index (χ4n) is 2.85. The summed E-state index contributed by atoms with van der Waals surface area (Å²) in [6.45, 7) is 9.44. The molecule has 118 valence electrons. The predicted octanol–water partition coefficient (Wildman–Crippen LogP) is 3.87. The van der Waals surface area contributed by atoms with Crippen molar-refractivity contribution in [1.29, 1.82) is 0 Å². The van der Waals surface area contributed by atoms with E-state index in [0.717, 1.165) is 41.2 Å². The van der Waals surface area contributed by atoms with Crippen molar-refractivity contribution in [2.24, 2.45) is 0 Å². The third kappa shape index (κ3) is 4.25. The van der Waals surface area contributed by atoms with Crippen molar-refractivity contribution in [1.82, 2.24) is 9.97 Å². The van der Waals surface area contributed by atoms with E-state index < -0.39 is 0 Å². The minimum atomic E-state index is 0.557. The van der Waals surface area contributed by atoms with E-state index in [2.05, 4.69) is 55.1 Å². The lowest BCUT2D eigenvalue weighted by atomic mass is 10.2. The Morgan fingerprint density at radius 2 is 1.90 bits per heavy atom. The van der Waals surface area contributed by atoms with E-state index in [1.54, 1.807) is 0 Å². The molecule has 2 N–H and O–H groups in total. The van der Waals surface area contributed by atoms with Crippen molar-refractivity contribution in [3.8, 4) is 0 Å². The predicted molar refractivity (Wildman–Crippen MR) is 93.5 cm³/mol. The molecule has 21 heavy (non-hydrogen) atoms. The number of aromatic nitrogens is 2. The summed E-state index contributed by atoms with van der Waals surface area (Å²) < 4.78 is 0. The molecule has 1 aromatic heterocycles. The van der Waals surface area contributed by atoms with Crippen molar-refractivity contribution in [2.75, 3.05) is 22.9 Å². The van der Waals surface area contributed by atoms with Crippen LogP contribution in [0, 0.1) is 6.92 Å². The summed E-state index contributed by atoms with van der Waals surface area (Å²) in [4.78, 5) is 9.29. The van der Waals surface area contributed by atoms with Crippen molar-refractivity contribution in [3.05, 3.63) is 11.4 Å². The second-order valence-electron chi connectivity index (χ2n) is 5.58. The fourth-order valence-corrected chi connectivity index (χ4v) is 4.00. The van der Waals surface area contributed by atoms with Gasteiger partial charge in [0.05, 0.1) is 0 Å². The molecule has 1 heterocycles. The molecule has 1 fully saturated rings. The SMILES string of the molecule is CCNc1nc(CC)nc(NC2CCC(SCC)C2)c1C. The van der Waals surface area contributed by atoms with Gasteiger partial charge in [-0.15, -0.1) is 0 Å². The molecule has 2 atom stereocenters. The molecule has 1 saturated carbocycles. The van der Waals surface area contributed by atoms with Gasteiger partial charge in [-0.05, 0) is 38.9 Å². The van der Waals surface area contributed by atoms with Crippen molar-refractivity contribution < 1.29 is 0 Å². The van der Waals surface area contributed by atoms with E-state index in [-0.39, 0.29) is 0 Å². The molecular formula is C16H28N4S. The lowest BCUT2D eigenvalue weighted by molar-refractivity contribution is 0.746. The third-order valence-electron chi connectivity index (χ3n) is 3.98. The van der Waals surface area contributed by atoms with E-state index >= 15 is 0 Å². The third-order valence-corrected chi connectivity index (χ3v) is 5.21. The Labute approximate surface area is 132 Å². The Bertz CT molecular complexity index is 464. The van der Waals surface area contributed by atoms with E-state index in [0.29, 0.717) is 6.04 Å². The summed E-state index contributed by atoms with van der Waals surface area (Å²) in [5.74, 6) is 4.12. The Hall–Kier alpha value is -0.970. The van der Waals surface area contributed by atoms with Gasteiger partial charge in [-0.2, -0.15) is 11.8 Å². The molecule has 5 heteroatoms. The largest absolute Gasteiger partial charge is 0.370 e. The Morgan fingerprint density at radius 3 is 2.57 bits per heavy atom. The van der Waals surface area contributed by atoms with Gasteiger partial charge in [0.25, 0.3) is 0 Å². The number of nitrogens with one attached hydrogen (secondary N) is 2. The molecule has 1 aromatic rings. The van der Waals surface area contributed by atoms with E-state index in [1.807, 2.05) is 0 Å². The average molecular weight is 308 g/mol. The number of aryl methyl sites for hydroxylation is 1. The van der Waals surface area contributed by atoms with E-state index in [9.17, 15) is 0 Å². The highest BCUT2D eigenvalue weighted by atomic mass is 32.2.